The smallest absolute Gasteiger partial charge is 0.231 e. The van der Waals surface area contributed by atoms with Gasteiger partial charge in [-0.2, -0.15) is 0 Å². The molecule has 4 rings (SSSR count). The molecule has 0 fully saturated rings. The lowest BCUT2D eigenvalue weighted by atomic mass is 9.95. The highest BCUT2D eigenvalue weighted by atomic mass is 16.5. The Morgan fingerprint density at radius 2 is 1.84 bits per heavy atom. The van der Waals surface area contributed by atoms with E-state index in [1.807, 2.05) is 67.1 Å². The van der Waals surface area contributed by atoms with Crippen molar-refractivity contribution in [1.29, 1.82) is 0 Å². The van der Waals surface area contributed by atoms with Crippen molar-refractivity contribution < 1.29 is 9.53 Å². The summed E-state index contributed by atoms with van der Waals surface area (Å²) in [7, 11) is 0. The van der Waals surface area contributed by atoms with Crippen LogP contribution in [0.2, 0.25) is 0 Å². The summed E-state index contributed by atoms with van der Waals surface area (Å²) in [6, 6.07) is 18.8. The van der Waals surface area contributed by atoms with Gasteiger partial charge in [0, 0.05) is 24.1 Å². The van der Waals surface area contributed by atoms with Crippen LogP contribution in [-0.2, 0) is 4.79 Å². The molecule has 0 saturated heterocycles. The summed E-state index contributed by atoms with van der Waals surface area (Å²) in [6.45, 7) is 3.91. The van der Waals surface area contributed by atoms with Gasteiger partial charge in [-0.25, -0.2) is 15.0 Å². The molecular weight excluding hydrogens is 390 g/mol. The molecule has 2 aromatic heterocycles. The average Bonchev–Trinajstić information content (AvgIpc) is 3.22. The lowest BCUT2D eigenvalue weighted by Gasteiger charge is -2.15. The number of hydrogen-bond acceptors (Lipinski definition) is 5. The third kappa shape index (κ3) is 4.78. The zero-order valence-electron chi connectivity index (χ0n) is 17.4. The van der Waals surface area contributed by atoms with Crippen LogP contribution in [0.15, 0.2) is 79.4 Å². The number of aryl methyl sites for hydroxylation is 1. The highest BCUT2D eigenvalue weighted by molar-refractivity contribution is 5.95. The minimum absolute atomic E-state index is 0.0292. The van der Waals surface area contributed by atoms with Crippen LogP contribution in [0.25, 0.3) is 5.82 Å². The Morgan fingerprint density at radius 3 is 2.52 bits per heavy atom. The summed E-state index contributed by atoms with van der Waals surface area (Å²) in [5, 5.41) is 2.99. The first-order chi connectivity index (χ1) is 15.1. The van der Waals surface area contributed by atoms with E-state index in [9.17, 15) is 4.79 Å². The van der Waals surface area contributed by atoms with Gasteiger partial charge in [-0.1, -0.05) is 37.3 Å². The van der Waals surface area contributed by atoms with Crippen molar-refractivity contribution >= 4 is 11.6 Å². The van der Waals surface area contributed by atoms with Crippen LogP contribution in [0.1, 0.15) is 30.7 Å². The lowest BCUT2D eigenvalue weighted by molar-refractivity contribution is -0.117. The van der Waals surface area contributed by atoms with Gasteiger partial charge in [0.15, 0.2) is 0 Å². The molecule has 1 amide bonds. The number of imidazole rings is 1. The zero-order chi connectivity index (χ0) is 21.6. The van der Waals surface area contributed by atoms with Crippen molar-refractivity contribution in [1.82, 2.24) is 19.5 Å². The second kappa shape index (κ2) is 9.21. The first-order valence-electron chi connectivity index (χ1n) is 10.1. The van der Waals surface area contributed by atoms with Crippen LogP contribution in [0, 0.1) is 6.92 Å². The normalized spacial score (nSPS) is 11.7. The monoisotopic (exact) mass is 413 g/mol. The topological polar surface area (TPSA) is 81.9 Å². The SMILES string of the molecule is CCC(C(=O)Nc1ccc(Oc2cc(-n3ccnc3C)ncn2)cc1)c1ccccc1. The average molecular weight is 413 g/mol. The van der Waals surface area contributed by atoms with Crippen LogP contribution in [0.4, 0.5) is 5.69 Å². The number of amides is 1. The van der Waals surface area contributed by atoms with Crippen molar-refractivity contribution in [3.8, 4) is 17.4 Å². The first-order valence-corrected chi connectivity index (χ1v) is 10.1. The lowest BCUT2D eigenvalue weighted by Crippen LogP contribution is -2.20. The number of aromatic nitrogens is 4. The molecule has 0 aliphatic rings. The van der Waals surface area contributed by atoms with Crippen LogP contribution in [-0.4, -0.2) is 25.4 Å². The van der Waals surface area contributed by atoms with Gasteiger partial charge in [-0.15, -0.1) is 0 Å². The molecule has 0 radical (unpaired) electrons. The number of hydrogen-bond donors (Lipinski definition) is 1. The Morgan fingerprint density at radius 1 is 1.06 bits per heavy atom. The van der Waals surface area contributed by atoms with E-state index in [4.69, 9.17) is 4.74 Å². The van der Waals surface area contributed by atoms with Crippen LogP contribution < -0.4 is 10.1 Å². The molecule has 4 aromatic rings. The van der Waals surface area contributed by atoms with E-state index in [0.29, 0.717) is 23.1 Å². The van der Waals surface area contributed by atoms with E-state index in [0.717, 1.165) is 17.8 Å². The van der Waals surface area contributed by atoms with Crippen molar-refractivity contribution in [3.05, 3.63) is 90.8 Å². The van der Waals surface area contributed by atoms with E-state index in [1.54, 1.807) is 24.4 Å². The number of anilines is 1. The van der Waals surface area contributed by atoms with Gasteiger partial charge in [0.1, 0.15) is 23.7 Å². The maximum absolute atomic E-state index is 12.7. The van der Waals surface area contributed by atoms with Gasteiger partial charge in [0.25, 0.3) is 0 Å². The number of ether oxygens (including phenoxy) is 1. The molecule has 1 N–H and O–H groups in total. The summed E-state index contributed by atoms with van der Waals surface area (Å²) in [5.41, 5.74) is 1.72. The number of benzene rings is 2. The number of rotatable bonds is 7. The van der Waals surface area contributed by atoms with Crippen molar-refractivity contribution in [2.24, 2.45) is 0 Å². The Kier molecular flexibility index (Phi) is 6.03. The summed E-state index contributed by atoms with van der Waals surface area (Å²) >= 11 is 0. The van der Waals surface area contributed by atoms with E-state index in [1.165, 1.54) is 6.33 Å². The molecule has 7 heteroatoms. The Hall–Kier alpha value is -4.00. The molecule has 1 unspecified atom stereocenters. The summed E-state index contributed by atoms with van der Waals surface area (Å²) < 4.78 is 7.71. The first kappa shape index (κ1) is 20.3. The van der Waals surface area contributed by atoms with Gasteiger partial charge in [0.05, 0.1) is 5.92 Å². The van der Waals surface area contributed by atoms with E-state index >= 15 is 0 Å². The molecular formula is C24H23N5O2. The van der Waals surface area contributed by atoms with E-state index in [2.05, 4.69) is 20.3 Å². The fraction of sp³-hybridized carbons (Fsp3) is 0.167. The maximum atomic E-state index is 12.7. The Balaban J connectivity index is 1.43. The van der Waals surface area contributed by atoms with Gasteiger partial charge >= 0.3 is 0 Å². The predicted octanol–water partition coefficient (Wildman–Crippen LogP) is 4.90. The molecule has 0 bridgehead atoms. The number of carbonyl (C=O) groups excluding carboxylic acids is 1. The molecule has 156 valence electrons. The third-order valence-corrected chi connectivity index (χ3v) is 4.97. The highest BCUT2D eigenvalue weighted by Crippen LogP contribution is 2.25. The molecule has 2 heterocycles. The van der Waals surface area contributed by atoms with Crippen LogP contribution >= 0.6 is 0 Å². The standard InChI is InChI=1S/C24H23N5O2/c1-3-21(18-7-5-4-6-8-18)24(30)28-19-9-11-20(12-10-19)31-23-15-22(26-16-27-23)29-14-13-25-17(29)2/h4-16,21H,3H2,1-2H3,(H,28,30). The summed E-state index contributed by atoms with van der Waals surface area (Å²) in [5.74, 6) is 2.31. The van der Waals surface area contributed by atoms with Gasteiger partial charge < -0.3 is 10.1 Å². The van der Waals surface area contributed by atoms with Gasteiger partial charge in [-0.3, -0.25) is 9.36 Å². The molecule has 0 aliphatic heterocycles. The third-order valence-electron chi connectivity index (χ3n) is 4.97. The maximum Gasteiger partial charge on any atom is 0.231 e. The predicted molar refractivity (Wildman–Crippen MR) is 119 cm³/mol. The molecule has 7 nitrogen and oxygen atoms in total. The minimum atomic E-state index is -0.191. The quantitative estimate of drug-likeness (QED) is 0.466. The number of nitrogens with zero attached hydrogens (tertiary/aromatic N) is 4. The minimum Gasteiger partial charge on any atom is -0.439 e. The fourth-order valence-electron chi connectivity index (χ4n) is 3.35. The van der Waals surface area contributed by atoms with Crippen molar-refractivity contribution in [2.45, 2.75) is 26.2 Å². The second-order valence-electron chi connectivity index (χ2n) is 7.05. The van der Waals surface area contributed by atoms with Crippen LogP contribution in [0.3, 0.4) is 0 Å². The Bertz CT molecular complexity index is 1160. The fourth-order valence-corrected chi connectivity index (χ4v) is 3.35. The highest BCUT2D eigenvalue weighted by Gasteiger charge is 2.18. The number of carbonyl (C=O) groups is 1. The molecule has 31 heavy (non-hydrogen) atoms. The summed E-state index contributed by atoms with van der Waals surface area (Å²) in [6.07, 6.45) is 5.72. The molecule has 0 saturated carbocycles. The van der Waals surface area contributed by atoms with Crippen LogP contribution in [0.5, 0.6) is 11.6 Å². The van der Waals surface area contributed by atoms with Crippen molar-refractivity contribution in [3.63, 3.8) is 0 Å². The van der Waals surface area contributed by atoms with E-state index < -0.39 is 0 Å². The van der Waals surface area contributed by atoms with Gasteiger partial charge in [0.2, 0.25) is 11.8 Å². The zero-order valence-corrected chi connectivity index (χ0v) is 17.4. The Labute approximate surface area is 180 Å². The van der Waals surface area contributed by atoms with Gasteiger partial charge in [-0.05, 0) is 43.2 Å². The number of nitrogens with one attached hydrogen (secondary N) is 1. The van der Waals surface area contributed by atoms with Crippen molar-refractivity contribution in [2.75, 3.05) is 5.32 Å². The molecule has 0 spiro atoms. The molecule has 2 aromatic carbocycles. The molecule has 0 aliphatic carbocycles. The van der Waals surface area contributed by atoms with E-state index in [-0.39, 0.29) is 11.8 Å². The molecule has 1 atom stereocenters. The largest absolute Gasteiger partial charge is 0.439 e. The summed E-state index contributed by atoms with van der Waals surface area (Å²) in [4.78, 5) is 25.4. The second-order valence-corrected chi connectivity index (χ2v) is 7.05.